The maximum atomic E-state index is 13.3. The Balaban J connectivity index is 1.42. The molecule has 2 N–H and O–H groups in total. The summed E-state index contributed by atoms with van der Waals surface area (Å²) in [6, 6.07) is 16.7. The maximum absolute atomic E-state index is 13.3. The van der Waals surface area contributed by atoms with Gasteiger partial charge in [-0.05, 0) is 60.8 Å². The molecule has 2 aromatic rings. The van der Waals surface area contributed by atoms with Crippen molar-refractivity contribution in [3.05, 3.63) is 71.5 Å². The number of halogens is 1. The molecule has 1 amide bonds. The van der Waals surface area contributed by atoms with Gasteiger partial charge in [-0.3, -0.25) is 10.1 Å². The summed E-state index contributed by atoms with van der Waals surface area (Å²) in [6.45, 7) is 0.257. The van der Waals surface area contributed by atoms with E-state index in [1.165, 1.54) is 37.8 Å². The fraction of sp³-hybridized carbons (Fsp3) is 0.409. The van der Waals surface area contributed by atoms with E-state index in [0.29, 0.717) is 17.9 Å². The van der Waals surface area contributed by atoms with Crippen molar-refractivity contribution >= 4 is 5.91 Å². The van der Waals surface area contributed by atoms with Crippen molar-refractivity contribution in [2.45, 2.75) is 37.8 Å². The first kappa shape index (κ1) is 17.2. The Bertz CT molecular complexity index is 726. The summed E-state index contributed by atoms with van der Waals surface area (Å²) in [5.74, 6) is 1.17. The number of carbonyl (C=O) groups excluding carboxylic acids is 1. The van der Waals surface area contributed by atoms with Crippen molar-refractivity contribution in [2.75, 3.05) is 6.54 Å². The number of hydrogen-bond acceptors (Lipinski definition) is 2. The molecule has 0 heterocycles. The average Bonchev–Trinajstić information content (AvgIpc) is 3.56. The second kappa shape index (κ2) is 7.58. The van der Waals surface area contributed by atoms with Gasteiger partial charge >= 0.3 is 0 Å². The van der Waals surface area contributed by atoms with Gasteiger partial charge in [-0.15, -0.1) is 0 Å². The van der Waals surface area contributed by atoms with Crippen molar-refractivity contribution in [3.8, 4) is 0 Å². The minimum Gasteiger partial charge on any atom is -0.352 e. The molecular weight excluding hydrogens is 327 g/mol. The van der Waals surface area contributed by atoms with Gasteiger partial charge in [-0.1, -0.05) is 42.5 Å². The zero-order valence-electron chi connectivity index (χ0n) is 14.8. The molecular formula is C22H25FN2O. The van der Waals surface area contributed by atoms with Crippen LogP contribution in [-0.4, -0.2) is 18.5 Å². The maximum Gasteiger partial charge on any atom is 0.234 e. The smallest absolute Gasteiger partial charge is 0.234 e. The highest BCUT2D eigenvalue weighted by molar-refractivity contribution is 5.78. The summed E-state index contributed by atoms with van der Waals surface area (Å²) >= 11 is 0. The van der Waals surface area contributed by atoms with Gasteiger partial charge in [0.15, 0.2) is 0 Å². The summed E-state index contributed by atoms with van der Waals surface area (Å²) in [4.78, 5) is 12.5. The minimum absolute atomic E-state index is 0.0526. The largest absolute Gasteiger partial charge is 0.352 e. The van der Waals surface area contributed by atoms with Crippen molar-refractivity contribution in [1.29, 1.82) is 0 Å². The zero-order chi connectivity index (χ0) is 17.9. The van der Waals surface area contributed by atoms with Crippen molar-refractivity contribution < 1.29 is 9.18 Å². The monoisotopic (exact) mass is 352 g/mol. The van der Waals surface area contributed by atoms with Gasteiger partial charge in [-0.2, -0.15) is 0 Å². The summed E-state index contributed by atoms with van der Waals surface area (Å²) < 4.78 is 13.3. The number of hydrogen-bond donors (Lipinski definition) is 2. The van der Waals surface area contributed by atoms with E-state index in [-0.39, 0.29) is 24.3 Å². The van der Waals surface area contributed by atoms with Crippen molar-refractivity contribution in [3.63, 3.8) is 0 Å². The molecule has 4 heteroatoms. The fourth-order valence-corrected chi connectivity index (χ4v) is 3.69. The van der Waals surface area contributed by atoms with E-state index in [9.17, 15) is 9.18 Å². The third-order valence-electron chi connectivity index (χ3n) is 5.39. The molecule has 0 spiro atoms. The molecule has 0 radical (unpaired) electrons. The molecule has 0 aromatic heterocycles. The molecule has 1 unspecified atom stereocenters. The first-order chi connectivity index (χ1) is 12.7. The van der Waals surface area contributed by atoms with E-state index >= 15 is 0 Å². The number of carbonyl (C=O) groups is 1. The zero-order valence-corrected chi connectivity index (χ0v) is 14.8. The lowest BCUT2D eigenvalue weighted by atomic mass is 9.98. The average molecular weight is 352 g/mol. The van der Waals surface area contributed by atoms with E-state index in [2.05, 4.69) is 10.6 Å². The topological polar surface area (TPSA) is 41.1 Å². The summed E-state index contributed by atoms with van der Waals surface area (Å²) in [5.41, 5.74) is 2.01. The second-order valence-electron chi connectivity index (χ2n) is 7.54. The first-order valence-corrected chi connectivity index (χ1v) is 9.54. The van der Waals surface area contributed by atoms with Crippen molar-refractivity contribution in [1.82, 2.24) is 10.6 Å². The van der Waals surface area contributed by atoms with Gasteiger partial charge in [-0.25, -0.2) is 4.39 Å². The quantitative estimate of drug-likeness (QED) is 0.758. The Hall–Kier alpha value is -2.20. The molecule has 136 valence electrons. The summed E-state index contributed by atoms with van der Waals surface area (Å²) in [6.07, 6.45) is 4.99. The molecule has 0 saturated heterocycles. The Kier molecular flexibility index (Phi) is 5.02. The molecule has 2 aliphatic carbocycles. The van der Waals surface area contributed by atoms with E-state index in [1.807, 2.05) is 30.3 Å². The first-order valence-electron chi connectivity index (χ1n) is 9.54. The highest BCUT2D eigenvalue weighted by atomic mass is 19.1. The summed E-state index contributed by atoms with van der Waals surface area (Å²) in [7, 11) is 0. The van der Waals surface area contributed by atoms with Crippen LogP contribution in [0.3, 0.4) is 0 Å². The van der Waals surface area contributed by atoms with E-state index in [1.54, 1.807) is 12.1 Å². The Morgan fingerprint density at radius 2 is 1.50 bits per heavy atom. The molecule has 2 saturated carbocycles. The molecule has 0 aliphatic heterocycles. The third-order valence-corrected chi connectivity index (χ3v) is 5.39. The lowest BCUT2D eigenvalue weighted by molar-refractivity contribution is -0.121. The molecule has 3 nitrogen and oxygen atoms in total. The molecule has 2 fully saturated rings. The van der Waals surface area contributed by atoms with Crippen LogP contribution in [0.5, 0.6) is 0 Å². The number of nitrogens with one attached hydrogen (secondary N) is 2. The Morgan fingerprint density at radius 3 is 2.08 bits per heavy atom. The van der Waals surface area contributed by atoms with Gasteiger partial charge in [0.2, 0.25) is 5.91 Å². The van der Waals surface area contributed by atoms with E-state index in [4.69, 9.17) is 0 Å². The molecule has 1 atom stereocenters. The molecule has 2 aromatic carbocycles. The number of benzene rings is 2. The molecule has 4 rings (SSSR count). The van der Waals surface area contributed by atoms with Gasteiger partial charge in [0.05, 0.1) is 12.6 Å². The van der Waals surface area contributed by atoms with Crippen LogP contribution in [-0.2, 0) is 4.79 Å². The Labute approximate surface area is 154 Å². The summed E-state index contributed by atoms with van der Waals surface area (Å²) in [5, 5.41) is 6.61. The van der Waals surface area contributed by atoms with Crippen molar-refractivity contribution in [2.24, 2.45) is 11.8 Å². The third kappa shape index (κ3) is 4.31. The van der Waals surface area contributed by atoms with Crippen LogP contribution in [0.1, 0.15) is 42.9 Å². The molecule has 2 aliphatic rings. The van der Waals surface area contributed by atoms with Crippen LogP contribution in [0.15, 0.2) is 54.6 Å². The lowest BCUT2D eigenvalue weighted by Crippen LogP contribution is -2.43. The highest BCUT2D eigenvalue weighted by Crippen LogP contribution is 2.44. The lowest BCUT2D eigenvalue weighted by Gasteiger charge is -2.22. The van der Waals surface area contributed by atoms with Crippen LogP contribution >= 0.6 is 0 Å². The normalized spacial score (nSPS) is 17.9. The SMILES string of the molecule is O=C(CNC(c1ccccc1)c1ccc(F)cc1)NC(C1CC1)C1CC1. The predicted octanol–water partition coefficient (Wildman–Crippen LogP) is 3.81. The van der Waals surface area contributed by atoms with Crippen LogP contribution in [0.25, 0.3) is 0 Å². The van der Waals surface area contributed by atoms with Crippen LogP contribution in [0.2, 0.25) is 0 Å². The number of amides is 1. The Morgan fingerprint density at radius 1 is 0.923 bits per heavy atom. The molecule has 0 bridgehead atoms. The van der Waals surface area contributed by atoms with Gasteiger partial charge < -0.3 is 5.32 Å². The second-order valence-corrected chi connectivity index (χ2v) is 7.54. The van der Waals surface area contributed by atoms with E-state index < -0.39 is 0 Å². The highest BCUT2D eigenvalue weighted by Gasteiger charge is 2.42. The van der Waals surface area contributed by atoms with Crippen LogP contribution < -0.4 is 10.6 Å². The fourth-order valence-electron chi connectivity index (χ4n) is 3.69. The molecule has 26 heavy (non-hydrogen) atoms. The van der Waals surface area contributed by atoms with Gasteiger partial charge in [0.1, 0.15) is 5.82 Å². The van der Waals surface area contributed by atoms with Crippen LogP contribution in [0.4, 0.5) is 4.39 Å². The minimum atomic E-state index is -0.255. The predicted molar refractivity (Wildman–Crippen MR) is 100 cm³/mol. The van der Waals surface area contributed by atoms with Crippen LogP contribution in [0, 0.1) is 17.7 Å². The van der Waals surface area contributed by atoms with E-state index in [0.717, 1.165) is 11.1 Å². The number of rotatable bonds is 8. The standard InChI is InChI=1S/C22H25FN2O/c23-19-12-10-16(11-13-19)21(15-4-2-1-3-5-15)24-14-20(26)25-22(17-6-7-17)18-8-9-18/h1-5,10-13,17-18,21-22,24H,6-9,14H2,(H,25,26). The van der Waals surface area contributed by atoms with Gasteiger partial charge in [0.25, 0.3) is 0 Å². The van der Waals surface area contributed by atoms with Gasteiger partial charge in [0, 0.05) is 6.04 Å².